The largest absolute Gasteiger partial charge is 0.0645 e. The quantitative estimate of drug-likeness (QED) is 0.255. The molecule has 0 saturated carbocycles. The fraction of sp³-hybridized carbons (Fsp3) is 0.125. The van der Waals surface area contributed by atoms with Crippen molar-refractivity contribution in [2.75, 3.05) is 0 Å². The van der Waals surface area contributed by atoms with Crippen molar-refractivity contribution in [1.29, 1.82) is 0 Å². The predicted octanol–water partition coefficient (Wildman–Crippen LogP) is 8.74. The van der Waals surface area contributed by atoms with Crippen molar-refractivity contribution in [1.82, 2.24) is 0 Å². The molecule has 1 aliphatic carbocycles. The Bertz CT molecular complexity index is 1530. The van der Waals surface area contributed by atoms with E-state index in [1.54, 1.807) is 0 Å². The minimum atomic E-state index is 1.11. The number of hydrogen-bond acceptors (Lipinski definition) is 0. The highest BCUT2D eigenvalue weighted by Crippen LogP contribution is 2.39. The average molecular weight is 411 g/mol. The van der Waals surface area contributed by atoms with Crippen molar-refractivity contribution in [2.24, 2.45) is 0 Å². The Kier molecular flexibility index (Phi) is 4.47. The van der Waals surface area contributed by atoms with E-state index in [2.05, 4.69) is 111 Å². The van der Waals surface area contributed by atoms with E-state index in [1.807, 2.05) is 0 Å². The minimum absolute atomic E-state index is 1.11. The first-order valence-corrected chi connectivity index (χ1v) is 11.5. The van der Waals surface area contributed by atoms with Gasteiger partial charge in [-0.15, -0.1) is 0 Å². The van der Waals surface area contributed by atoms with Crippen LogP contribution in [0, 0.1) is 6.92 Å². The molecule has 0 amide bonds. The maximum Gasteiger partial charge on any atom is -0.00992 e. The Labute approximate surface area is 189 Å². The summed E-state index contributed by atoms with van der Waals surface area (Å²) in [6, 6.07) is 35.9. The molecule has 0 heteroatoms. The maximum absolute atomic E-state index is 2.42. The van der Waals surface area contributed by atoms with Gasteiger partial charge >= 0.3 is 0 Å². The van der Waals surface area contributed by atoms with Crippen LogP contribution in [0.3, 0.4) is 0 Å². The fourth-order valence-corrected chi connectivity index (χ4v) is 5.31. The Morgan fingerprint density at radius 2 is 1.22 bits per heavy atom. The van der Waals surface area contributed by atoms with Crippen molar-refractivity contribution in [3.63, 3.8) is 0 Å². The molecular weight excluding hydrogens is 384 g/mol. The van der Waals surface area contributed by atoms with Crippen molar-refractivity contribution < 1.29 is 0 Å². The lowest BCUT2D eigenvalue weighted by Crippen LogP contribution is -2.06. The van der Waals surface area contributed by atoms with Crippen LogP contribution in [-0.2, 0) is 6.42 Å². The summed E-state index contributed by atoms with van der Waals surface area (Å²) in [6.45, 7) is 4.52. The van der Waals surface area contributed by atoms with Crippen molar-refractivity contribution >= 4 is 27.1 Å². The van der Waals surface area contributed by atoms with Crippen LogP contribution >= 0.6 is 0 Å². The van der Waals surface area contributed by atoms with E-state index in [-0.39, 0.29) is 0 Å². The first kappa shape index (κ1) is 19.1. The van der Waals surface area contributed by atoms with Gasteiger partial charge in [-0.25, -0.2) is 0 Å². The molecule has 0 unspecified atom stereocenters. The second-order valence-corrected chi connectivity index (χ2v) is 9.06. The van der Waals surface area contributed by atoms with Crippen molar-refractivity contribution in [2.45, 2.75) is 26.7 Å². The summed E-state index contributed by atoms with van der Waals surface area (Å²) in [6.07, 6.45) is 2.24. The third-order valence-electron chi connectivity index (χ3n) is 7.07. The Hall–Kier alpha value is -3.64. The molecule has 0 bridgehead atoms. The lowest BCUT2D eigenvalue weighted by Gasteiger charge is -2.24. The Balaban J connectivity index is 1.49. The van der Waals surface area contributed by atoms with Gasteiger partial charge in [0.2, 0.25) is 0 Å². The summed E-state index contributed by atoms with van der Waals surface area (Å²) in [5, 5.41) is 5.25. The van der Waals surface area contributed by atoms with E-state index in [0.717, 1.165) is 12.8 Å². The van der Waals surface area contributed by atoms with Gasteiger partial charge in [0.25, 0.3) is 0 Å². The molecule has 0 radical (unpaired) electrons. The summed E-state index contributed by atoms with van der Waals surface area (Å²) < 4.78 is 0. The van der Waals surface area contributed by atoms with Gasteiger partial charge in [-0.05, 0) is 93.3 Å². The number of hydrogen-bond donors (Lipinski definition) is 0. The first-order chi connectivity index (χ1) is 15.7. The highest BCUT2D eigenvalue weighted by molar-refractivity contribution is 6.08. The van der Waals surface area contributed by atoms with E-state index < -0.39 is 0 Å². The second kappa shape index (κ2) is 7.50. The molecule has 0 N–H and O–H groups in total. The van der Waals surface area contributed by atoms with E-state index in [9.17, 15) is 0 Å². The summed E-state index contributed by atoms with van der Waals surface area (Å²) >= 11 is 0. The SMILES string of the molecule is CC1=C(c2ccccc2C)c2ccc(-c3ccc4ccc5ccccc5c4c3)cc2CC1. The molecule has 5 aromatic rings. The smallest absolute Gasteiger partial charge is 0.00992 e. The molecule has 1 aliphatic rings. The second-order valence-electron chi connectivity index (χ2n) is 9.06. The van der Waals surface area contributed by atoms with Gasteiger partial charge in [-0.1, -0.05) is 96.6 Å². The summed E-state index contributed by atoms with van der Waals surface area (Å²) in [4.78, 5) is 0. The molecule has 0 saturated heterocycles. The molecule has 154 valence electrons. The van der Waals surface area contributed by atoms with Crippen LogP contribution < -0.4 is 0 Å². The number of benzene rings is 5. The highest BCUT2D eigenvalue weighted by atomic mass is 14.2. The zero-order chi connectivity index (χ0) is 21.7. The number of allylic oxidation sites excluding steroid dienone is 1. The monoisotopic (exact) mass is 410 g/mol. The standard InChI is InChI=1S/C32H26/c1-21-7-3-5-9-28(21)32-22(2)11-12-27-19-25(17-18-30(27)32)26-16-15-24-14-13-23-8-4-6-10-29(23)31(24)20-26/h3-10,13-20H,11-12H2,1-2H3. The molecule has 0 aromatic heterocycles. The molecule has 0 nitrogen and oxygen atoms in total. The van der Waals surface area contributed by atoms with Crippen LogP contribution in [0.25, 0.3) is 38.2 Å². The van der Waals surface area contributed by atoms with E-state index in [1.165, 1.54) is 66.1 Å². The molecule has 0 spiro atoms. The molecule has 0 fully saturated rings. The fourth-order valence-electron chi connectivity index (χ4n) is 5.31. The zero-order valence-corrected chi connectivity index (χ0v) is 18.7. The van der Waals surface area contributed by atoms with Gasteiger partial charge < -0.3 is 0 Å². The first-order valence-electron chi connectivity index (χ1n) is 11.5. The van der Waals surface area contributed by atoms with Crippen LogP contribution in [0.5, 0.6) is 0 Å². The number of aryl methyl sites for hydroxylation is 2. The molecule has 0 heterocycles. The topological polar surface area (TPSA) is 0 Å². The molecule has 32 heavy (non-hydrogen) atoms. The lowest BCUT2D eigenvalue weighted by molar-refractivity contribution is 0.918. The molecule has 6 rings (SSSR count). The summed E-state index contributed by atoms with van der Waals surface area (Å²) in [5.41, 5.74) is 11.1. The van der Waals surface area contributed by atoms with Crippen LogP contribution in [0.4, 0.5) is 0 Å². The summed E-state index contributed by atoms with van der Waals surface area (Å²) in [7, 11) is 0. The predicted molar refractivity (Wildman–Crippen MR) is 138 cm³/mol. The van der Waals surface area contributed by atoms with Gasteiger partial charge in [-0.3, -0.25) is 0 Å². The molecule has 5 aromatic carbocycles. The molecule has 0 aliphatic heterocycles. The van der Waals surface area contributed by atoms with Crippen molar-refractivity contribution in [3.8, 4) is 11.1 Å². The van der Waals surface area contributed by atoms with Gasteiger partial charge in [-0.2, -0.15) is 0 Å². The zero-order valence-electron chi connectivity index (χ0n) is 18.7. The average Bonchev–Trinajstić information content (AvgIpc) is 2.84. The molecular formula is C32H26. The van der Waals surface area contributed by atoms with Crippen LogP contribution in [-0.4, -0.2) is 0 Å². The maximum atomic E-state index is 2.42. The number of rotatable bonds is 2. The van der Waals surface area contributed by atoms with E-state index in [4.69, 9.17) is 0 Å². The van der Waals surface area contributed by atoms with E-state index in [0.29, 0.717) is 0 Å². The Morgan fingerprint density at radius 1 is 0.531 bits per heavy atom. The number of fused-ring (bicyclic) bond motifs is 4. The van der Waals surface area contributed by atoms with Crippen LogP contribution in [0.15, 0.2) is 103 Å². The third kappa shape index (κ3) is 3.07. The molecule has 0 atom stereocenters. The van der Waals surface area contributed by atoms with Crippen LogP contribution in [0.1, 0.15) is 35.6 Å². The van der Waals surface area contributed by atoms with Gasteiger partial charge in [0.15, 0.2) is 0 Å². The van der Waals surface area contributed by atoms with Gasteiger partial charge in [0.05, 0.1) is 0 Å². The Morgan fingerprint density at radius 3 is 2.09 bits per heavy atom. The van der Waals surface area contributed by atoms with Crippen LogP contribution in [0.2, 0.25) is 0 Å². The lowest BCUT2D eigenvalue weighted by atomic mass is 9.80. The van der Waals surface area contributed by atoms with Crippen molar-refractivity contribution in [3.05, 3.63) is 125 Å². The summed E-state index contributed by atoms with van der Waals surface area (Å²) in [5.74, 6) is 0. The van der Waals surface area contributed by atoms with E-state index >= 15 is 0 Å². The highest BCUT2D eigenvalue weighted by Gasteiger charge is 2.19. The normalized spacial score (nSPS) is 13.6. The minimum Gasteiger partial charge on any atom is -0.0645 e. The van der Waals surface area contributed by atoms with Gasteiger partial charge in [0, 0.05) is 0 Å². The van der Waals surface area contributed by atoms with Gasteiger partial charge in [0.1, 0.15) is 0 Å². The third-order valence-corrected chi connectivity index (χ3v) is 7.07.